The fraction of sp³-hybridized carbons (Fsp3) is 1.00. The Balaban J connectivity index is 1.78. The molecule has 2 unspecified atom stereocenters. The lowest BCUT2D eigenvalue weighted by Crippen LogP contribution is -2.49. The van der Waals surface area contributed by atoms with Crippen molar-refractivity contribution in [2.24, 2.45) is 0 Å². The van der Waals surface area contributed by atoms with Crippen LogP contribution in [0.4, 0.5) is 0 Å². The quantitative estimate of drug-likeness (QED) is 0.815. The van der Waals surface area contributed by atoms with Crippen molar-refractivity contribution in [3.05, 3.63) is 0 Å². The van der Waals surface area contributed by atoms with Crippen molar-refractivity contribution in [2.45, 2.75) is 70.6 Å². The van der Waals surface area contributed by atoms with Gasteiger partial charge in [-0.1, -0.05) is 20.3 Å². The van der Waals surface area contributed by atoms with Crippen molar-refractivity contribution < 1.29 is 4.74 Å². The molecule has 18 heavy (non-hydrogen) atoms. The summed E-state index contributed by atoms with van der Waals surface area (Å²) >= 11 is 0. The molecule has 2 atom stereocenters. The van der Waals surface area contributed by atoms with E-state index in [2.05, 4.69) is 24.1 Å². The highest BCUT2D eigenvalue weighted by Gasteiger charge is 2.26. The maximum absolute atomic E-state index is 5.89. The molecule has 2 rings (SSSR count). The summed E-state index contributed by atoms with van der Waals surface area (Å²) in [7, 11) is 0. The number of likely N-dealkylation sites (tertiary alicyclic amines) is 1. The van der Waals surface area contributed by atoms with Crippen LogP contribution in [0.3, 0.4) is 0 Å². The minimum Gasteiger partial charge on any atom is -0.377 e. The first-order valence-corrected chi connectivity index (χ1v) is 7.84. The van der Waals surface area contributed by atoms with Crippen molar-refractivity contribution in [1.29, 1.82) is 0 Å². The molecule has 0 aromatic rings. The molecule has 2 heterocycles. The molecule has 0 bridgehead atoms. The van der Waals surface area contributed by atoms with E-state index in [-0.39, 0.29) is 0 Å². The van der Waals surface area contributed by atoms with E-state index in [1.54, 1.807) is 0 Å². The third-order valence-electron chi connectivity index (χ3n) is 4.22. The van der Waals surface area contributed by atoms with Crippen molar-refractivity contribution in [3.8, 4) is 0 Å². The molecule has 2 fully saturated rings. The number of hydrogen-bond acceptors (Lipinski definition) is 3. The highest BCUT2D eigenvalue weighted by Crippen LogP contribution is 2.20. The summed E-state index contributed by atoms with van der Waals surface area (Å²) in [5, 5.41) is 3.60. The van der Waals surface area contributed by atoms with Crippen LogP contribution in [-0.2, 0) is 4.74 Å². The highest BCUT2D eigenvalue weighted by atomic mass is 16.5. The average molecular weight is 254 g/mol. The summed E-state index contributed by atoms with van der Waals surface area (Å²) in [6, 6.07) is 1.33. The molecule has 0 aromatic heterocycles. The van der Waals surface area contributed by atoms with Gasteiger partial charge in [0.25, 0.3) is 0 Å². The van der Waals surface area contributed by atoms with E-state index < -0.39 is 0 Å². The van der Waals surface area contributed by atoms with Gasteiger partial charge in [0, 0.05) is 31.8 Å². The lowest BCUT2D eigenvalue weighted by molar-refractivity contribution is -0.0193. The summed E-state index contributed by atoms with van der Waals surface area (Å²) in [6.07, 6.45) is 8.49. The third-order valence-corrected chi connectivity index (χ3v) is 4.22. The van der Waals surface area contributed by atoms with Crippen molar-refractivity contribution >= 4 is 0 Å². The van der Waals surface area contributed by atoms with E-state index >= 15 is 0 Å². The lowest BCUT2D eigenvalue weighted by atomic mass is 10.00. The highest BCUT2D eigenvalue weighted by molar-refractivity contribution is 4.82. The topological polar surface area (TPSA) is 24.5 Å². The molecule has 2 saturated heterocycles. The first-order chi connectivity index (χ1) is 8.75. The fourth-order valence-corrected chi connectivity index (χ4v) is 3.12. The SMILES string of the molecule is CC(C)NCC1CCCCN1CC1CCCCO1. The molecule has 2 aliphatic heterocycles. The van der Waals surface area contributed by atoms with E-state index in [9.17, 15) is 0 Å². The molecule has 3 heteroatoms. The molecule has 3 nitrogen and oxygen atoms in total. The van der Waals surface area contributed by atoms with Gasteiger partial charge in [-0.3, -0.25) is 4.90 Å². The second-order valence-corrected chi connectivity index (χ2v) is 6.20. The molecule has 0 radical (unpaired) electrons. The van der Waals surface area contributed by atoms with Crippen LogP contribution in [0.15, 0.2) is 0 Å². The first-order valence-electron chi connectivity index (χ1n) is 7.84. The maximum atomic E-state index is 5.89. The zero-order valence-corrected chi connectivity index (χ0v) is 12.2. The summed E-state index contributed by atoms with van der Waals surface area (Å²) in [5.41, 5.74) is 0. The van der Waals surface area contributed by atoms with E-state index in [4.69, 9.17) is 4.74 Å². The molecule has 2 aliphatic rings. The van der Waals surface area contributed by atoms with Crippen molar-refractivity contribution in [3.63, 3.8) is 0 Å². The average Bonchev–Trinajstić information content (AvgIpc) is 2.39. The molecular weight excluding hydrogens is 224 g/mol. The Morgan fingerprint density at radius 3 is 2.72 bits per heavy atom. The van der Waals surface area contributed by atoms with Gasteiger partial charge in [-0.25, -0.2) is 0 Å². The van der Waals surface area contributed by atoms with E-state index in [0.717, 1.165) is 25.7 Å². The van der Waals surface area contributed by atoms with Crippen LogP contribution in [0, 0.1) is 0 Å². The molecule has 0 spiro atoms. The van der Waals surface area contributed by atoms with Crippen LogP contribution in [0.5, 0.6) is 0 Å². The van der Waals surface area contributed by atoms with E-state index in [0.29, 0.717) is 12.1 Å². The summed E-state index contributed by atoms with van der Waals surface area (Å²) in [5.74, 6) is 0. The molecular formula is C15H30N2O. The number of nitrogens with one attached hydrogen (secondary N) is 1. The van der Waals surface area contributed by atoms with Gasteiger partial charge < -0.3 is 10.1 Å². The minimum absolute atomic E-state index is 0.499. The van der Waals surface area contributed by atoms with Crippen LogP contribution in [0.1, 0.15) is 52.4 Å². The van der Waals surface area contributed by atoms with Crippen LogP contribution in [-0.4, -0.2) is 49.3 Å². The van der Waals surface area contributed by atoms with Gasteiger partial charge in [-0.2, -0.15) is 0 Å². The summed E-state index contributed by atoms with van der Waals surface area (Å²) in [4.78, 5) is 2.68. The van der Waals surface area contributed by atoms with Gasteiger partial charge in [0.15, 0.2) is 0 Å². The van der Waals surface area contributed by atoms with Crippen molar-refractivity contribution in [2.75, 3.05) is 26.2 Å². The van der Waals surface area contributed by atoms with Crippen LogP contribution in [0.25, 0.3) is 0 Å². The monoisotopic (exact) mass is 254 g/mol. The molecule has 0 aliphatic carbocycles. The van der Waals surface area contributed by atoms with E-state index in [1.807, 2.05) is 0 Å². The van der Waals surface area contributed by atoms with Crippen LogP contribution < -0.4 is 5.32 Å². The smallest absolute Gasteiger partial charge is 0.0702 e. The predicted octanol–water partition coefficient (Wildman–Crippen LogP) is 2.41. The molecule has 0 amide bonds. The minimum atomic E-state index is 0.499. The van der Waals surface area contributed by atoms with Crippen LogP contribution >= 0.6 is 0 Å². The number of piperidine rings is 1. The Labute approximate surface area is 112 Å². The number of nitrogens with zero attached hydrogens (tertiary/aromatic N) is 1. The van der Waals surface area contributed by atoms with Gasteiger partial charge in [0.1, 0.15) is 0 Å². The normalized spacial score (nSPS) is 30.8. The predicted molar refractivity (Wildman–Crippen MR) is 75.9 cm³/mol. The fourth-order valence-electron chi connectivity index (χ4n) is 3.12. The zero-order chi connectivity index (χ0) is 12.8. The standard InChI is InChI=1S/C15H30N2O/c1-13(2)16-11-14-7-3-5-9-17(14)12-15-8-4-6-10-18-15/h13-16H,3-12H2,1-2H3. The molecule has 0 saturated carbocycles. The Hall–Kier alpha value is -0.120. The second-order valence-electron chi connectivity index (χ2n) is 6.20. The zero-order valence-electron chi connectivity index (χ0n) is 12.2. The molecule has 0 aromatic carbocycles. The Morgan fingerprint density at radius 2 is 2.00 bits per heavy atom. The van der Waals surface area contributed by atoms with Gasteiger partial charge in [-0.05, 0) is 38.6 Å². The Morgan fingerprint density at radius 1 is 1.17 bits per heavy atom. The third kappa shape index (κ3) is 4.52. The van der Waals surface area contributed by atoms with Gasteiger partial charge >= 0.3 is 0 Å². The Bertz CT molecular complexity index is 227. The summed E-state index contributed by atoms with van der Waals surface area (Å²) < 4.78 is 5.89. The van der Waals surface area contributed by atoms with Gasteiger partial charge in [0.2, 0.25) is 0 Å². The van der Waals surface area contributed by atoms with Gasteiger partial charge in [0.05, 0.1) is 6.10 Å². The maximum Gasteiger partial charge on any atom is 0.0702 e. The van der Waals surface area contributed by atoms with E-state index in [1.165, 1.54) is 45.1 Å². The largest absolute Gasteiger partial charge is 0.377 e. The van der Waals surface area contributed by atoms with Gasteiger partial charge in [-0.15, -0.1) is 0 Å². The first kappa shape index (κ1) is 14.3. The van der Waals surface area contributed by atoms with Crippen LogP contribution in [0.2, 0.25) is 0 Å². The number of rotatable bonds is 5. The molecule has 1 N–H and O–H groups in total. The number of ether oxygens (including phenoxy) is 1. The number of hydrogen-bond donors (Lipinski definition) is 1. The van der Waals surface area contributed by atoms with Crippen molar-refractivity contribution in [1.82, 2.24) is 10.2 Å². The Kier molecular flexibility index (Phi) is 5.93. The second kappa shape index (κ2) is 7.46. The summed E-state index contributed by atoms with van der Waals surface area (Å²) in [6.45, 7) is 9.02. The molecule has 106 valence electrons. The lowest BCUT2D eigenvalue weighted by Gasteiger charge is -2.39.